The van der Waals surface area contributed by atoms with Crippen LogP contribution >= 0.6 is 11.8 Å². The Labute approximate surface area is 130 Å². The van der Waals surface area contributed by atoms with Crippen LogP contribution in [0.4, 0.5) is 26.3 Å². The largest absolute Gasteiger partial charge is 0.573 e. The Hall–Kier alpha value is -2.09. The molecule has 0 fully saturated rings. The monoisotopic (exact) mass is 359 g/mol. The number of alkyl halides is 6. The molecule has 0 unspecified atom stereocenters. The predicted octanol–water partition coefficient (Wildman–Crippen LogP) is 4.25. The lowest BCUT2D eigenvalue weighted by molar-refractivity contribution is -0.274. The summed E-state index contributed by atoms with van der Waals surface area (Å²) in [5.41, 5.74) is -6.43. The summed E-state index contributed by atoms with van der Waals surface area (Å²) in [6.07, 6.45) is -5.25. The number of carbonyl (C=O) groups is 1. The number of esters is 1. The zero-order valence-corrected chi connectivity index (χ0v) is 12.0. The van der Waals surface area contributed by atoms with Crippen LogP contribution in [0.3, 0.4) is 0 Å². The topological polar surface area (TPSA) is 59.3 Å². The van der Waals surface area contributed by atoms with Gasteiger partial charge in [-0.3, -0.25) is 0 Å². The van der Waals surface area contributed by atoms with Crippen molar-refractivity contribution in [2.75, 3.05) is 6.61 Å². The summed E-state index contributed by atoms with van der Waals surface area (Å²) in [6, 6.07) is 2.30. The first-order valence-electron chi connectivity index (χ1n) is 5.73. The minimum atomic E-state index is -5.25. The van der Waals surface area contributed by atoms with E-state index in [0.717, 1.165) is 0 Å². The van der Waals surface area contributed by atoms with Gasteiger partial charge in [0.05, 0.1) is 12.2 Å². The maximum absolute atomic E-state index is 12.4. The second kappa shape index (κ2) is 6.99. The van der Waals surface area contributed by atoms with Gasteiger partial charge in [-0.1, -0.05) is 0 Å². The van der Waals surface area contributed by atoms with E-state index in [4.69, 9.17) is 5.26 Å². The fourth-order valence-electron chi connectivity index (χ4n) is 1.47. The van der Waals surface area contributed by atoms with Crippen LogP contribution in [0.2, 0.25) is 0 Å². The van der Waals surface area contributed by atoms with Crippen LogP contribution in [0.15, 0.2) is 17.0 Å². The third-order valence-corrected chi connectivity index (χ3v) is 2.84. The molecule has 0 saturated carbocycles. The van der Waals surface area contributed by atoms with E-state index in [1.54, 1.807) is 0 Å². The van der Waals surface area contributed by atoms with Gasteiger partial charge in [-0.25, -0.2) is 4.79 Å². The molecule has 4 nitrogen and oxygen atoms in total. The van der Waals surface area contributed by atoms with Crippen LogP contribution in [0, 0.1) is 11.3 Å². The SMILES string of the molecule is CCOC(=O)c1cc(SC(F)(F)F)cc(OC(F)(F)F)c1C#N. The molecule has 0 spiro atoms. The van der Waals surface area contributed by atoms with Crippen LogP contribution in [-0.2, 0) is 4.74 Å². The molecule has 1 aromatic carbocycles. The average Bonchev–Trinajstić information content (AvgIpc) is 2.34. The van der Waals surface area contributed by atoms with Crippen LogP contribution in [-0.4, -0.2) is 24.4 Å². The normalized spacial score (nSPS) is 11.7. The minimum absolute atomic E-state index is 0.185. The molecule has 0 aromatic heterocycles. The molecule has 126 valence electrons. The van der Waals surface area contributed by atoms with Gasteiger partial charge in [0.2, 0.25) is 0 Å². The second-order valence-electron chi connectivity index (χ2n) is 3.77. The summed E-state index contributed by atoms with van der Waals surface area (Å²) in [4.78, 5) is 10.9. The fraction of sp³-hybridized carbons (Fsp3) is 0.333. The van der Waals surface area contributed by atoms with Gasteiger partial charge < -0.3 is 9.47 Å². The quantitative estimate of drug-likeness (QED) is 0.457. The van der Waals surface area contributed by atoms with Crippen LogP contribution in [0.1, 0.15) is 22.8 Å². The van der Waals surface area contributed by atoms with E-state index in [0.29, 0.717) is 12.1 Å². The average molecular weight is 359 g/mol. The third kappa shape index (κ3) is 5.90. The molecule has 0 aliphatic carbocycles. The molecule has 1 aromatic rings. The standard InChI is InChI=1S/C12H7F6NO3S/c1-2-21-10(20)7-3-6(23-12(16,17)18)4-9(8(7)5-19)22-11(13,14)15/h3-4H,2H2,1H3. The Morgan fingerprint density at radius 1 is 1.26 bits per heavy atom. The van der Waals surface area contributed by atoms with Crippen LogP contribution < -0.4 is 4.74 Å². The summed E-state index contributed by atoms with van der Waals surface area (Å²) >= 11 is -0.755. The Balaban J connectivity index is 3.47. The van der Waals surface area contributed by atoms with Gasteiger partial charge in [0.15, 0.2) is 0 Å². The highest BCUT2D eigenvalue weighted by atomic mass is 32.2. The zero-order valence-electron chi connectivity index (χ0n) is 11.2. The molecule has 0 N–H and O–H groups in total. The molecule has 23 heavy (non-hydrogen) atoms. The molecular weight excluding hydrogens is 352 g/mol. The molecule has 0 atom stereocenters. The van der Waals surface area contributed by atoms with Gasteiger partial charge in [0.25, 0.3) is 0 Å². The smallest absolute Gasteiger partial charge is 0.462 e. The highest BCUT2D eigenvalue weighted by Crippen LogP contribution is 2.41. The maximum Gasteiger partial charge on any atom is 0.573 e. The van der Waals surface area contributed by atoms with Gasteiger partial charge in [-0.2, -0.15) is 18.4 Å². The third-order valence-electron chi connectivity index (χ3n) is 2.14. The predicted molar refractivity (Wildman–Crippen MR) is 65.7 cm³/mol. The Bertz CT molecular complexity index is 635. The number of nitriles is 1. The molecule has 0 aliphatic rings. The van der Waals surface area contributed by atoms with Crippen molar-refractivity contribution < 1.29 is 40.6 Å². The number of hydrogen-bond acceptors (Lipinski definition) is 5. The van der Waals surface area contributed by atoms with Gasteiger partial charge in [-0.15, -0.1) is 13.2 Å². The molecule has 0 radical (unpaired) electrons. The minimum Gasteiger partial charge on any atom is -0.462 e. The number of benzene rings is 1. The summed E-state index contributed by atoms with van der Waals surface area (Å²) in [6.45, 7) is 1.20. The number of rotatable bonds is 4. The van der Waals surface area contributed by atoms with Crippen molar-refractivity contribution in [3.63, 3.8) is 0 Å². The van der Waals surface area contributed by atoms with E-state index < -0.39 is 51.4 Å². The van der Waals surface area contributed by atoms with E-state index in [9.17, 15) is 31.1 Å². The van der Waals surface area contributed by atoms with Crippen molar-refractivity contribution in [2.45, 2.75) is 23.7 Å². The van der Waals surface area contributed by atoms with E-state index in [2.05, 4.69) is 9.47 Å². The highest BCUT2D eigenvalue weighted by molar-refractivity contribution is 8.00. The van der Waals surface area contributed by atoms with Gasteiger partial charge in [0, 0.05) is 4.90 Å². The zero-order chi connectivity index (χ0) is 17.8. The van der Waals surface area contributed by atoms with Crippen LogP contribution in [0.25, 0.3) is 0 Å². The van der Waals surface area contributed by atoms with Gasteiger partial charge >= 0.3 is 17.8 Å². The van der Waals surface area contributed by atoms with Crippen LogP contribution in [0.5, 0.6) is 5.75 Å². The first kappa shape index (κ1) is 19.0. The van der Waals surface area contributed by atoms with E-state index in [-0.39, 0.29) is 6.61 Å². The summed E-state index contributed by atoms with van der Waals surface area (Å²) < 4.78 is 82.2. The molecular formula is C12H7F6NO3S. The first-order valence-corrected chi connectivity index (χ1v) is 6.55. The highest BCUT2D eigenvalue weighted by Gasteiger charge is 2.35. The molecule has 1 rings (SSSR count). The summed E-state index contributed by atoms with van der Waals surface area (Å²) in [5, 5.41) is 8.90. The van der Waals surface area contributed by atoms with Crippen molar-refractivity contribution in [1.82, 2.24) is 0 Å². The lowest BCUT2D eigenvalue weighted by Gasteiger charge is -2.15. The van der Waals surface area contributed by atoms with Crippen molar-refractivity contribution in [1.29, 1.82) is 5.26 Å². The maximum atomic E-state index is 12.4. The summed E-state index contributed by atoms with van der Waals surface area (Å²) in [7, 11) is 0. The number of carbonyl (C=O) groups excluding carboxylic acids is 1. The first-order chi connectivity index (χ1) is 10.5. The van der Waals surface area contributed by atoms with E-state index in [1.807, 2.05) is 0 Å². The molecule has 11 heteroatoms. The lowest BCUT2D eigenvalue weighted by Crippen LogP contribution is -2.19. The van der Waals surface area contributed by atoms with Crippen molar-refractivity contribution in [3.8, 4) is 11.8 Å². The van der Waals surface area contributed by atoms with Crippen molar-refractivity contribution in [2.24, 2.45) is 0 Å². The molecule has 0 amide bonds. The Morgan fingerprint density at radius 2 is 1.87 bits per heavy atom. The lowest BCUT2D eigenvalue weighted by atomic mass is 10.1. The molecule has 0 aliphatic heterocycles. The van der Waals surface area contributed by atoms with E-state index >= 15 is 0 Å². The summed E-state index contributed by atoms with van der Waals surface area (Å²) in [5.74, 6) is -2.45. The van der Waals surface area contributed by atoms with Crippen molar-refractivity contribution in [3.05, 3.63) is 23.3 Å². The van der Waals surface area contributed by atoms with Crippen molar-refractivity contribution >= 4 is 17.7 Å². The number of ether oxygens (including phenoxy) is 2. The van der Waals surface area contributed by atoms with E-state index in [1.165, 1.54) is 13.0 Å². The number of thioether (sulfide) groups is 1. The van der Waals surface area contributed by atoms with Gasteiger partial charge in [0.1, 0.15) is 17.4 Å². The number of nitrogens with zero attached hydrogens (tertiary/aromatic N) is 1. The Morgan fingerprint density at radius 3 is 2.30 bits per heavy atom. The fourth-order valence-corrected chi connectivity index (χ4v) is 2.08. The Kier molecular flexibility index (Phi) is 5.76. The van der Waals surface area contributed by atoms with Gasteiger partial charge in [-0.05, 0) is 30.8 Å². The molecule has 0 heterocycles. The number of halogens is 6. The molecule has 0 bridgehead atoms. The number of hydrogen-bond donors (Lipinski definition) is 0. The molecule has 0 saturated heterocycles. The second-order valence-corrected chi connectivity index (χ2v) is 4.91.